The molecule has 0 saturated carbocycles. The SMILES string of the molecule is C=C/C=C\C(C=NCCOCc1ccc(COCCN=C/C(=C/C)N=CC)cc1)=NC. The van der Waals surface area contributed by atoms with E-state index in [0.717, 1.165) is 22.5 Å². The molecule has 166 valence electrons. The standard InChI is InChI=1S/C25H34N4O2/c1-5-8-9-25(26-4)19-28-15-17-31-21-23-12-10-22(11-13-23)20-30-16-14-27-18-24(6-2)29-7-3/h5-13,18-19H,1,14-17,20-21H2,2-4H3/b9-8-,24-6-,26-25?,27-18?,28-19?,29-7?. The Bertz CT molecular complexity index is 803. The van der Waals surface area contributed by atoms with Crippen molar-refractivity contribution in [2.24, 2.45) is 20.0 Å². The lowest BCUT2D eigenvalue weighted by atomic mass is 10.1. The number of rotatable bonds is 15. The Morgan fingerprint density at radius 1 is 0.935 bits per heavy atom. The first-order chi connectivity index (χ1) is 15.2. The number of hydrogen-bond acceptors (Lipinski definition) is 6. The first-order valence-corrected chi connectivity index (χ1v) is 10.4. The maximum Gasteiger partial charge on any atom is 0.0761 e. The van der Waals surface area contributed by atoms with Crippen LogP contribution in [0.25, 0.3) is 0 Å². The molecule has 0 unspecified atom stereocenters. The average molecular weight is 423 g/mol. The Morgan fingerprint density at radius 2 is 1.52 bits per heavy atom. The van der Waals surface area contributed by atoms with Crippen molar-refractivity contribution < 1.29 is 9.47 Å². The van der Waals surface area contributed by atoms with E-state index in [1.165, 1.54) is 0 Å². The molecule has 6 nitrogen and oxygen atoms in total. The summed E-state index contributed by atoms with van der Waals surface area (Å²) in [5.74, 6) is 0. The molecule has 1 aromatic rings. The normalized spacial score (nSPS) is 13.4. The number of hydrogen-bond donors (Lipinski definition) is 0. The molecule has 0 radical (unpaired) electrons. The minimum Gasteiger partial charge on any atom is -0.375 e. The average Bonchev–Trinajstić information content (AvgIpc) is 2.80. The lowest BCUT2D eigenvalue weighted by Crippen LogP contribution is -2.02. The molecule has 0 amide bonds. The largest absolute Gasteiger partial charge is 0.375 e. The predicted molar refractivity (Wildman–Crippen MR) is 133 cm³/mol. The van der Waals surface area contributed by atoms with Gasteiger partial charge in [-0.05, 0) is 31.1 Å². The van der Waals surface area contributed by atoms with Gasteiger partial charge in [-0.2, -0.15) is 0 Å². The van der Waals surface area contributed by atoms with E-state index in [9.17, 15) is 0 Å². The van der Waals surface area contributed by atoms with Crippen molar-refractivity contribution in [3.63, 3.8) is 0 Å². The van der Waals surface area contributed by atoms with E-state index in [1.807, 2.05) is 32.1 Å². The fourth-order valence-corrected chi connectivity index (χ4v) is 2.34. The van der Waals surface area contributed by atoms with Crippen LogP contribution in [0.3, 0.4) is 0 Å². The van der Waals surface area contributed by atoms with Crippen molar-refractivity contribution in [2.75, 3.05) is 33.4 Å². The zero-order valence-corrected chi connectivity index (χ0v) is 18.9. The first-order valence-electron chi connectivity index (χ1n) is 10.4. The number of aliphatic imine (C=N–C) groups is 4. The van der Waals surface area contributed by atoms with Gasteiger partial charge >= 0.3 is 0 Å². The fourth-order valence-electron chi connectivity index (χ4n) is 2.34. The first kappa shape index (κ1) is 26.1. The number of ether oxygens (including phenoxy) is 2. The fraction of sp³-hybridized carbons (Fsp3) is 0.360. The third-order valence-electron chi connectivity index (χ3n) is 3.97. The molecule has 0 aliphatic heterocycles. The van der Waals surface area contributed by atoms with Crippen LogP contribution in [0.15, 0.2) is 80.8 Å². The van der Waals surface area contributed by atoms with Crippen molar-refractivity contribution in [3.8, 4) is 0 Å². The lowest BCUT2D eigenvalue weighted by Gasteiger charge is -2.06. The summed E-state index contributed by atoms with van der Waals surface area (Å²) >= 11 is 0. The van der Waals surface area contributed by atoms with Gasteiger partial charge in [0.1, 0.15) is 0 Å². The zero-order chi connectivity index (χ0) is 22.6. The van der Waals surface area contributed by atoms with Gasteiger partial charge in [-0.3, -0.25) is 20.0 Å². The molecular formula is C25H34N4O2. The molecule has 0 fully saturated rings. The molecule has 31 heavy (non-hydrogen) atoms. The van der Waals surface area contributed by atoms with Gasteiger partial charge < -0.3 is 9.47 Å². The Hall–Kier alpha value is -2.96. The van der Waals surface area contributed by atoms with Gasteiger partial charge in [-0.1, -0.05) is 49.1 Å². The molecular weight excluding hydrogens is 388 g/mol. The van der Waals surface area contributed by atoms with Crippen molar-refractivity contribution >= 4 is 24.4 Å². The summed E-state index contributed by atoms with van der Waals surface area (Å²) in [6, 6.07) is 8.24. The second kappa shape index (κ2) is 17.9. The lowest BCUT2D eigenvalue weighted by molar-refractivity contribution is 0.126. The van der Waals surface area contributed by atoms with Crippen molar-refractivity contribution in [1.82, 2.24) is 0 Å². The highest BCUT2D eigenvalue weighted by Crippen LogP contribution is 2.07. The maximum atomic E-state index is 5.68. The molecule has 0 bridgehead atoms. The molecule has 6 heteroatoms. The molecule has 1 rings (SSSR count). The van der Waals surface area contributed by atoms with E-state index in [4.69, 9.17) is 9.47 Å². The minimum absolute atomic E-state index is 0.558. The van der Waals surface area contributed by atoms with Crippen LogP contribution < -0.4 is 0 Å². The van der Waals surface area contributed by atoms with Crippen LogP contribution in [0.2, 0.25) is 0 Å². The number of nitrogens with zero attached hydrogens (tertiary/aromatic N) is 4. The summed E-state index contributed by atoms with van der Waals surface area (Å²) in [6.45, 7) is 10.9. The van der Waals surface area contributed by atoms with Gasteiger partial charge in [-0.25, -0.2) is 0 Å². The Morgan fingerprint density at radius 3 is 2.00 bits per heavy atom. The smallest absolute Gasteiger partial charge is 0.0761 e. The Kier molecular flexibility index (Phi) is 15.0. The minimum atomic E-state index is 0.558. The van der Waals surface area contributed by atoms with E-state index in [2.05, 4.69) is 50.8 Å². The summed E-state index contributed by atoms with van der Waals surface area (Å²) in [5, 5.41) is 0. The van der Waals surface area contributed by atoms with Crippen molar-refractivity contribution in [1.29, 1.82) is 0 Å². The van der Waals surface area contributed by atoms with E-state index in [1.54, 1.807) is 31.8 Å². The third kappa shape index (κ3) is 13.1. The van der Waals surface area contributed by atoms with Gasteiger partial charge in [-0.15, -0.1) is 0 Å². The molecule has 0 N–H and O–H groups in total. The van der Waals surface area contributed by atoms with E-state index in [0.29, 0.717) is 39.5 Å². The van der Waals surface area contributed by atoms with Crippen LogP contribution in [0, 0.1) is 0 Å². The number of benzene rings is 1. The second-order valence-electron chi connectivity index (χ2n) is 6.34. The van der Waals surface area contributed by atoms with E-state index in [-0.39, 0.29) is 0 Å². The Balaban J connectivity index is 2.22. The van der Waals surface area contributed by atoms with Gasteiger partial charge in [0.15, 0.2) is 0 Å². The van der Waals surface area contributed by atoms with Crippen LogP contribution in [0.5, 0.6) is 0 Å². The van der Waals surface area contributed by atoms with Crippen molar-refractivity contribution in [3.05, 3.63) is 72.0 Å². The highest BCUT2D eigenvalue weighted by atomic mass is 16.5. The Labute approximate surface area is 186 Å². The van der Waals surface area contributed by atoms with Gasteiger partial charge in [0, 0.05) is 25.7 Å². The molecule has 0 aromatic heterocycles. The van der Waals surface area contributed by atoms with Gasteiger partial charge in [0.25, 0.3) is 0 Å². The zero-order valence-electron chi connectivity index (χ0n) is 18.9. The molecule has 0 aliphatic rings. The summed E-state index contributed by atoms with van der Waals surface area (Å²) < 4.78 is 11.4. The molecule has 0 heterocycles. The molecule has 0 saturated heterocycles. The monoisotopic (exact) mass is 422 g/mol. The van der Waals surface area contributed by atoms with E-state index >= 15 is 0 Å². The maximum absolute atomic E-state index is 5.68. The topological polar surface area (TPSA) is 67.9 Å². The van der Waals surface area contributed by atoms with Crippen LogP contribution >= 0.6 is 0 Å². The molecule has 0 atom stereocenters. The molecule has 0 aliphatic carbocycles. The van der Waals surface area contributed by atoms with Crippen LogP contribution in [0.1, 0.15) is 25.0 Å². The van der Waals surface area contributed by atoms with Crippen molar-refractivity contribution in [2.45, 2.75) is 27.1 Å². The highest BCUT2D eigenvalue weighted by molar-refractivity contribution is 6.35. The number of allylic oxidation sites excluding steroid dienone is 5. The van der Waals surface area contributed by atoms with Crippen LogP contribution in [0.4, 0.5) is 0 Å². The second-order valence-corrected chi connectivity index (χ2v) is 6.34. The van der Waals surface area contributed by atoms with Crippen LogP contribution in [-0.2, 0) is 22.7 Å². The van der Waals surface area contributed by atoms with Crippen LogP contribution in [-0.4, -0.2) is 57.7 Å². The van der Waals surface area contributed by atoms with Gasteiger partial charge in [0.2, 0.25) is 0 Å². The summed E-state index contributed by atoms with van der Waals surface area (Å²) in [7, 11) is 1.73. The van der Waals surface area contributed by atoms with E-state index < -0.39 is 0 Å². The third-order valence-corrected chi connectivity index (χ3v) is 3.97. The summed E-state index contributed by atoms with van der Waals surface area (Å²) in [5.41, 5.74) is 3.91. The van der Waals surface area contributed by atoms with Gasteiger partial charge in [0.05, 0.1) is 50.9 Å². The summed E-state index contributed by atoms with van der Waals surface area (Å²) in [4.78, 5) is 16.9. The summed E-state index contributed by atoms with van der Waals surface area (Å²) in [6.07, 6.45) is 12.6. The molecule has 1 aromatic carbocycles. The predicted octanol–water partition coefficient (Wildman–Crippen LogP) is 4.67. The molecule has 0 spiro atoms. The highest BCUT2D eigenvalue weighted by Gasteiger charge is 1.97. The quantitative estimate of drug-likeness (QED) is 0.234.